The van der Waals surface area contributed by atoms with Crippen molar-refractivity contribution in [3.63, 3.8) is 0 Å². The number of imide groups is 1. The van der Waals surface area contributed by atoms with Crippen molar-refractivity contribution in [3.05, 3.63) is 57.4 Å². The molecule has 0 unspecified atom stereocenters. The van der Waals surface area contributed by atoms with Gasteiger partial charge in [0.25, 0.3) is 11.8 Å². The first-order valence-electron chi connectivity index (χ1n) is 8.42. The summed E-state index contributed by atoms with van der Waals surface area (Å²) in [7, 11) is 2.06. The summed E-state index contributed by atoms with van der Waals surface area (Å²) in [6.45, 7) is 3.19. The average molecular weight is 388 g/mol. The van der Waals surface area contributed by atoms with Gasteiger partial charge in [0.1, 0.15) is 5.70 Å². The number of rotatable bonds is 3. The third kappa shape index (κ3) is 2.94. The Balaban J connectivity index is 1.77. The molecule has 26 heavy (non-hydrogen) atoms. The number of likely N-dealkylation sites (N-methyl/N-ethyl adjacent to an activating group) is 1. The lowest BCUT2D eigenvalue weighted by atomic mass is 10.1. The molecule has 0 spiro atoms. The van der Waals surface area contributed by atoms with Gasteiger partial charge in [0.05, 0.1) is 11.3 Å². The third-order valence-corrected chi connectivity index (χ3v) is 5.87. The summed E-state index contributed by atoms with van der Waals surface area (Å²) in [6, 6.07) is 10.6. The molecule has 5 nitrogen and oxygen atoms in total. The molecule has 134 valence electrons. The van der Waals surface area contributed by atoms with Gasteiger partial charge < -0.3 is 9.80 Å². The van der Waals surface area contributed by atoms with Crippen molar-refractivity contribution < 1.29 is 9.59 Å². The first-order chi connectivity index (χ1) is 12.6. The van der Waals surface area contributed by atoms with E-state index in [1.807, 2.05) is 22.4 Å². The Morgan fingerprint density at radius 1 is 0.962 bits per heavy atom. The summed E-state index contributed by atoms with van der Waals surface area (Å²) < 4.78 is 0. The summed E-state index contributed by atoms with van der Waals surface area (Å²) >= 11 is 7.43. The molecule has 2 aromatic rings. The monoisotopic (exact) mass is 387 g/mol. The molecule has 7 heteroatoms. The van der Waals surface area contributed by atoms with Crippen molar-refractivity contribution in [1.82, 2.24) is 9.80 Å². The highest BCUT2D eigenvalue weighted by molar-refractivity contribution is 7.11. The van der Waals surface area contributed by atoms with Crippen LogP contribution in [0.5, 0.6) is 0 Å². The average Bonchev–Trinajstić information content (AvgIpc) is 3.23. The molecule has 1 aromatic heterocycles. The summed E-state index contributed by atoms with van der Waals surface area (Å²) in [4.78, 5) is 32.8. The fraction of sp³-hybridized carbons (Fsp3) is 0.263. The van der Waals surface area contributed by atoms with Gasteiger partial charge in [0.15, 0.2) is 0 Å². The van der Waals surface area contributed by atoms with Crippen molar-refractivity contribution >= 4 is 46.0 Å². The standard InChI is InChI=1S/C19H18ClN3O2S/c1-21-8-10-22(11-9-21)17-16(15-3-2-12-26-15)18(24)23(19(17)25)14-6-4-13(20)5-7-14/h2-7,12H,8-11H2,1H3. The normalized spacial score (nSPS) is 19.0. The van der Waals surface area contributed by atoms with Gasteiger partial charge in [-0.15, -0.1) is 11.3 Å². The zero-order chi connectivity index (χ0) is 18.3. The lowest BCUT2D eigenvalue weighted by molar-refractivity contribution is -0.120. The summed E-state index contributed by atoms with van der Waals surface area (Å²) in [5, 5.41) is 2.49. The highest BCUT2D eigenvalue weighted by Crippen LogP contribution is 2.37. The second kappa shape index (κ2) is 6.87. The topological polar surface area (TPSA) is 43.9 Å². The van der Waals surface area contributed by atoms with Gasteiger partial charge in [-0.25, -0.2) is 4.90 Å². The van der Waals surface area contributed by atoms with Crippen LogP contribution in [0.2, 0.25) is 5.02 Å². The Morgan fingerprint density at radius 2 is 1.65 bits per heavy atom. The van der Waals surface area contributed by atoms with E-state index in [0.29, 0.717) is 22.0 Å². The molecule has 4 rings (SSSR count). The SMILES string of the molecule is CN1CCN(C2=C(c3cccs3)C(=O)N(c3ccc(Cl)cc3)C2=O)CC1. The molecule has 2 amide bonds. The minimum atomic E-state index is -0.270. The maximum atomic E-state index is 13.3. The van der Waals surface area contributed by atoms with E-state index in [1.165, 1.54) is 16.2 Å². The molecule has 0 radical (unpaired) electrons. The van der Waals surface area contributed by atoms with E-state index in [9.17, 15) is 9.59 Å². The lowest BCUT2D eigenvalue weighted by Crippen LogP contribution is -2.46. The van der Waals surface area contributed by atoms with Gasteiger partial charge in [0.2, 0.25) is 0 Å². The molecule has 1 fully saturated rings. The molecule has 3 heterocycles. The fourth-order valence-corrected chi connectivity index (χ4v) is 4.20. The van der Waals surface area contributed by atoms with Crippen molar-refractivity contribution in [2.24, 2.45) is 0 Å². The summed E-state index contributed by atoms with van der Waals surface area (Å²) in [5.41, 5.74) is 1.56. The van der Waals surface area contributed by atoms with Crippen molar-refractivity contribution in [2.45, 2.75) is 0 Å². The highest BCUT2D eigenvalue weighted by Gasteiger charge is 2.43. The number of anilines is 1. The number of hydrogen-bond donors (Lipinski definition) is 0. The van der Waals surface area contributed by atoms with E-state index in [0.717, 1.165) is 31.1 Å². The lowest BCUT2D eigenvalue weighted by Gasteiger charge is -2.34. The second-order valence-electron chi connectivity index (χ2n) is 6.41. The van der Waals surface area contributed by atoms with Crippen LogP contribution in [0.3, 0.4) is 0 Å². The van der Waals surface area contributed by atoms with E-state index in [-0.39, 0.29) is 11.8 Å². The molecule has 1 aromatic carbocycles. The molecule has 1 saturated heterocycles. The smallest absolute Gasteiger partial charge is 0.282 e. The predicted molar refractivity (Wildman–Crippen MR) is 104 cm³/mol. The van der Waals surface area contributed by atoms with Crippen LogP contribution < -0.4 is 4.90 Å². The summed E-state index contributed by atoms with van der Waals surface area (Å²) in [6.07, 6.45) is 0. The maximum absolute atomic E-state index is 13.3. The van der Waals surface area contributed by atoms with E-state index in [2.05, 4.69) is 11.9 Å². The minimum absolute atomic E-state index is 0.259. The van der Waals surface area contributed by atoms with Crippen LogP contribution in [-0.2, 0) is 9.59 Å². The van der Waals surface area contributed by atoms with E-state index in [1.54, 1.807) is 24.3 Å². The summed E-state index contributed by atoms with van der Waals surface area (Å²) in [5.74, 6) is -0.529. The van der Waals surface area contributed by atoms with Crippen LogP contribution in [0.1, 0.15) is 4.88 Å². The molecule has 0 atom stereocenters. The Hall–Kier alpha value is -2.15. The van der Waals surface area contributed by atoms with Gasteiger partial charge in [0, 0.05) is 36.1 Å². The van der Waals surface area contributed by atoms with E-state index >= 15 is 0 Å². The van der Waals surface area contributed by atoms with E-state index < -0.39 is 0 Å². The molecule has 0 saturated carbocycles. The highest BCUT2D eigenvalue weighted by atomic mass is 35.5. The number of piperazine rings is 1. The van der Waals surface area contributed by atoms with Crippen LogP contribution in [0.25, 0.3) is 5.57 Å². The maximum Gasteiger partial charge on any atom is 0.282 e. The number of hydrogen-bond acceptors (Lipinski definition) is 5. The molecular formula is C19H18ClN3O2S. The van der Waals surface area contributed by atoms with Crippen LogP contribution in [0.15, 0.2) is 47.5 Å². The quantitative estimate of drug-likeness (QED) is 0.759. The third-order valence-electron chi connectivity index (χ3n) is 4.73. The van der Waals surface area contributed by atoms with E-state index in [4.69, 9.17) is 11.6 Å². The van der Waals surface area contributed by atoms with Gasteiger partial charge in [-0.05, 0) is 42.8 Å². The van der Waals surface area contributed by atoms with Crippen molar-refractivity contribution in [3.8, 4) is 0 Å². The van der Waals surface area contributed by atoms with Gasteiger partial charge in [-0.3, -0.25) is 9.59 Å². The predicted octanol–water partition coefficient (Wildman–Crippen LogP) is 2.93. The molecule has 2 aliphatic rings. The number of thiophene rings is 1. The van der Waals surface area contributed by atoms with Crippen LogP contribution in [0, 0.1) is 0 Å². The van der Waals surface area contributed by atoms with Crippen molar-refractivity contribution in [1.29, 1.82) is 0 Å². The number of carbonyl (C=O) groups excluding carboxylic acids is 2. The molecular weight excluding hydrogens is 370 g/mol. The van der Waals surface area contributed by atoms with Crippen LogP contribution in [0.4, 0.5) is 5.69 Å². The minimum Gasteiger partial charge on any atom is -0.364 e. The Bertz CT molecular complexity index is 869. The molecule has 2 aliphatic heterocycles. The Labute approximate surface area is 161 Å². The largest absolute Gasteiger partial charge is 0.364 e. The van der Waals surface area contributed by atoms with Crippen LogP contribution >= 0.6 is 22.9 Å². The number of nitrogens with zero attached hydrogens (tertiary/aromatic N) is 3. The second-order valence-corrected chi connectivity index (χ2v) is 7.80. The number of halogens is 1. The zero-order valence-corrected chi connectivity index (χ0v) is 15.9. The molecule has 0 aliphatic carbocycles. The number of benzene rings is 1. The van der Waals surface area contributed by atoms with Gasteiger partial charge in [-0.1, -0.05) is 17.7 Å². The van der Waals surface area contributed by atoms with Gasteiger partial charge >= 0.3 is 0 Å². The Morgan fingerprint density at radius 3 is 2.27 bits per heavy atom. The first kappa shape index (κ1) is 17.3. The van der Waals surface area contributed by atoms with Crippen molar-refractivity contribution in [2.75, 3.05) is 38.1 Å². The molecule has 0 N–H and O–H groups in total. The zero-order valence-electron chi connectivity index (χ0n) is 14.3. The van der Waals surface area contributed by atoms with Gasteiger partial charge in [-0.2, -0.15) is 0 Å². The Kier molecular flexibility index (Phi) is 4.56. The fourth-order valence-electron chi connectivity index (χ4n) is 3.31. The number of carbonyl (C=O) groups is 2. The molecule has 0 bridgehead atoms. The van der Waals surface area contributed by atoms with Crippen LogP contribution in [-0.4, -0.2) is 54.8 Å². The first-order valence-corrected chi connectivity index (χ1v) is 9.68. The number of amides is 2.